The Hall–Kier alpha value is -1.86. The fourth-order valence-electron chi connectivity index (χ4n) is 1.73. The fraction of sp³-hybridized carbons (Fsp3) is 0.438. The van der Waals surface area contributed by atoms with Crippen LogP contribution in [0.15, 0.2) is 18.2 Å². The molecule has 0 spiro atoms. The van der Waals surface area contributed by atoms with E-state index in [2.05, 4.69) is 31.0 Å². The zero-order valence-electron chi connectivity index (χ0n) is 11.9. The minimum atomic E-state index is -0.601. The van der Waals surface area contributed by atoms with Gasteiger partial charge in [0.1, 0.15) is 12.4 Å². The Labute approximate surface area is 119 Å². The number of nitrogens with one attached hydrogen (secondary N) is 1. The predicted molar refractivity (Wildman–Crippen MR) is 76.8 cm³/mol. The molecule has 0 radical (unpaired) electrons. The van der Waals surface area contributed by atoms with Crippen LogP contribution in [0.3, 0.4) is 0 Å². The predicted octanol–water partition coefficient (Wildman–Crippen LogP) is 2.34. The summed E-state index contributed by atoms with van der Waals surface area (Å²) in [4.78, 5) is 11.8. The summed E-state index contributed by atoms with van der Waals surface area (Å²) < 4.78 is 13.8. The second kappa shape index (κ2) is 8.34. The number of aliphatic hydroxyl groups excluding tert-OH is 1. The summed E-state index contributed by atoms with van der Waals surface area (Å²) in [5, 5.41) is 11.3. The van der Waals surface area contributed by atoms with E-state index in [9.17, 15) is 9.18 Å². The van der Waals surface area contributed by atoms with Gasteiger partial charge in [0.25, 0.3) is 5.91 Å². The Morgan fingerprint density at radius 1 is 1.45 bits per heavy atom. The van der Waals surface area contributed by atoms with Crippen molar-refractivity contribution in [2.24, 2.45) is 5.92 Å². The molecule has 1 rings (SSSR count). The van der Waals surface area contributed by atoms with Crippen molar-refractivity contribution in [1.29, 1.82) is 0 Å². The Bertz CT molecular complexity index is 515. The molecule has 1 amide bonds. The van der Waals surface area contributed by atoms with Crippen molar-refractivity contribution in [2.75, 3.05) is 13.2 Å². The molecule has 108 valence electrons. The average molecular weight is 277 g/mol. The number of benzene rings is 1. The summed E-state index contributed by atoms with van der Waals surface area (Å²) in [7, 11) is 0. The van der Waals surface area contributed by atoms with Crippen LogP contribution in [-0.4, -0.2) is 24.2 Å². The second-order valence-electron chi connectivity index (χ2n) is 4.95. The maximum Gasteiger partial charge on any atom is 0.254 e. The van der Waals surface area contributed by atoms with Gasteiger partial charge in [0.2, 0.25) is 0 Å². The number of amides is 1. The highest BCUT2D eigenvalue weighted by Gasteiger charge is 2.11. The van der Waals surface area contributed by atoms with Crippen molar-refractivity contribution >= 4 is 5.91 Å². The van der Waals surface area contributed by atoms with Gasteiger partial charge < -0.3 is 10.4 Å². The summed E-state index contributed by atoms with van der Waals surface area (Å²) in [5.74, 6) is 4.61. The molecule has 2 N–H and O–H groups in total. The molecule has 1 aromatic rings. The van der Waals surface area contributed by atoms with Gasteiger partial charge in [-0.25, -0.2) is 4.39 Å². The number of aliphatic hydroxyl groups is 1. The minimum Gasteiger partial charge on any atom is -0.384 e. The van der Waals surface area contributed by atoms with Crippen LogP contribution in [0, 0.1) is 23.6 Å². The Morgan fingerprint density at radius 3 is 2.80 bits per heavy atom. The van der Waals surface area contributed by atoms with E-state index in [1.165, 1.54) is 12.1 Å². The Balaban J connectivity index is 2.60. The van der Waals surface area contributed by atoms with Gasteiger partial charge >= 0.3 is 0 Å². The van der Waals surface area contributed by atoms with E-state index in [-0.39, 0.29) is 12.2 Å². The summed E-state index contributed by atoms with van der Waals surface area (Å²) in [6.45, 7) is 4.50. The average Bonchev–Trinajstić information content (AvgIpc) is 2.41. The van der Waals surface area contributed by atoms with Gasteiger partial charge in [-0.3, -0.25) is 4.79 Å². The summed E-state index contributed by atoms with van der Waals surface area (Å²) in [6, 6.07) is 4.18. The van der Waals surface area contributed by atoms with E-state index in [0.717, 1.165) is 12.8 Å². The van der Waals surface area contributed by atoms with Gasteiger partial charge in [0, 0.05) is 12.1 Å². The van der Waals surface area contributed by atoms with E-state index >= 15 is 0 Å². The molecule has 0 atom stereocenters. The summed E-state index contributed by atoms with van der Waals surface area (Å²) in [5.41, 5.74) is 0.456. The SMILES string of the molecule is CC(C)CCCNC(=O)c1ccc(C#CCO)cc1F. The van der Waals surface area contributed by atoms with Gasteiger partial charge in [-0.15, -0.1) is 0 Å². The number of hydrogen-bond acceptors (Lipinski definition) is 2. The highest BCUT2D eigenvalue weighted by Crippen LogP contribution is 2.10. The largest absolute Gasteiger partial charge is 0.384 e. The van der Waals surface area contributed by atoms with Crippen LogP contribution in [0.2, 0.25) is 0 Å². The lowest BCUT2D eigenvalue weighted by Gasteiger charge is -2.07. The quantitative estimate of drug-likeness (QED) is 0.641. The van der Waals surface area contributed by atoms with Crippen molar-refractivity contribution in [3.8, 4) is 11.8 Å². The van der Waals surface area contributed by atoms with Gasteiger partial charge in [-0.05, 0) is 37.0 Å². The number of carbonyl (C=O) groups excluding carboxylic acids is 1. The minimum absolute atomic E-state index is 0.0177. The number of carbonyl (C=O) groups is 1. The van der Waals surface area contributed by atoms with E-state index in [1.54, 1.807) is 6.07 Å². The van der Waals surface area contributed by atoms with Gasteiger partial charge in [0.15, 0.2) is 0 Å². The number of rotatable bonds is 5. The lowest BCUT2D eigenvalue weighted by molar-refractivity contribution is 0.0948. The number of halogens is 1. The topological polar surface area (TPSA) is 49.3 Å². The van der Waals surface area contributed by atoms with Crippen molar-refractivity contribution in [3.63, 3.8) is 0 Å². The molecule has 0 bridgehead atoms. The maximum absolute atomic E-state index is 13.8. The molecule has 0 aliphatic carbocycles. The molecule has 3 nitrogen and oxygen atoms in total. The molecular weight excluding hydrogens is 257 g/mol. The molecule has 0 saturated heterocycles. The fourth-order valence-corrected chi connectivity index (χ4v) is 1.73. The van der Waals surface area contributed by atoms with Crippen molar-refractivity contribution < 1.29 is 14.3 Å². The molecule has 20 heavy (non-hydrogen) atoms. The van der Waals surface area contributed by atoms with E-state index < -0.39 is 11.7 Å². The van der Waals surface area contributed by atoms with Crippen LogP contribution in [-0.2, 0) is 0 Å². The summed E-state index contributed by atoms with van der Waals surface area (Å²) >= 11 is 0. The monoisotopic (exact) mass is 277 g/mol. The molecular formula is C16H20FNO2. The van der Waals surface area contributed by atoms with Gasteiger partial charge in [-0.2, -0.15) is 0 Å². The van der Waals surface area contributed by atoms with E-state index in [1.807, 2.05) is 0 Å². The first-order chi connectivity index (χ1) is 9.54. The molecule has 0 saturated carbocycles. The third-order valence-electron chi connectivity index (χ3n) is 2.77. The normalized spacial score (nSPS) is 10.1. The number of hydrogen-bond donors (Lipinski definition) is 2. The van der Waals surface area contributed by atoms with Crippen LogP contribution >= 0.6 is 0 Å². The first kappa shape index (κ1) is 16.2. The molecule has 0 fully saturated rings. The van der Waals surface area contributed by atoms with Crippen LogP contribution in [0.25, 0.3) is 0 Å². The zero-order chi connectivity index (χ0) is 15.0. The standard InChI is InChI=1S/C16H20FNO2/c1-12(2)5-3-9-18-16(20)14-8-7-13(6-4-10-19)11-15(14)17/h7-8,11-12,19H,3,5,9-10H2,1-2H3,(H,18,20). The molecule has 0 unspecified atom stereocenters. The van der Waals surface area contributed by atoms with E-state index in [4.69, 9.17) is 5.11 Å². The third kappa shape index (κ3) is 5.41. The van der Waals surface area contributed by atoms with Crippen molar-refractivity contribution in [2.45, 2.75) is 26.7 Å². The van der Waals surface area contributed by atoms with Crippen LogP contribution in [0.5, 0.6) is 0 Å². The Kier molecular flexibility index (Phi) is 6.75. The molecule has 4 heteroatoms. The van der Waals surface area contributed by atoms with Crippen molar-refractivity contribution in [1.82, 2.24) is 5.32 Å². The first-order valence-corrected chi connectivity index (χ1v) is 6.72. The third-order valence-corrected chi connectivity index (χ3v) is 2.77. The smallest absolute Gasteiger partial charge is 0.254 e. The second-order valence-corrected chi connectivity index (χ2v) is 4.95. The van der Waals surface area contributed by atoms with Crippen molar-refractivity contribution in [3.05, 3.63) is 35.1 Å². The van der Waals surface area contributed by atoms with Gasteiger partial charge in [0.05, 0.1) is 5.56 Å². The van der Waals surface area contributed by atoms with E-state index in [0.29, 0.717) is 18.0 Å². The highest BCUT2D eigenvalue weighted by molar-refractivity contribution is 5.94. The first-order valence-electron chi connectivity index (χ1n) is 6.72. The molecule has 0 aliphatic rings. The van der Waals surface area contributed by atoms with Crippen LogP contribution in [0.1, 0.15) is 42.6 Å². The lowest BCUT2D eigenvalue weighted by Crippen LogP contribution is -2.25. The molecule has 0 heterocycles. The molecule has 0 aliphatic heterocycles. The molecule has 1 aromatic carbocycles. The van der Waals surface area contributed by atoms with Gasteiger partial charge in [-0.1, -0.05) is 25.7 Å². The lowest BCUT2D eigenvalue weighted by atomic mass is 10.1. The zero-order valence-corrected chi connectivity index (χ0v) is 11.9. The summed E-state index contributed by atoms with van der Waals surface area (Å²) in [6.07, 6.45) is 1.91. The molecule has 0 aromatic heterocycles. The van der Waals surface area contributed by atoms with Crippen LogP contribution in [0.4, 0.5) is 4.39 Å². The highest BCUT2D eigenvalue weighted by atomic mass is 19.1. The van der Waals surface area contributed by atoms with Crippen LogP contribution < -0.4 is 5.32 Å². The Morgan fingerprint density at radius 2 is 2.20 bits per heavy atom. The maximum atomic E-state index is 13.8.